The number of para-hydroxylation sites is 1. The predicted molar refractivity (Wildman–Crippen MR) is 64.5 cm³/mol. The van der Waals surface area contributed by atoms with Crippen LogP contribution < -0.4 is 5.32 Å². The molecule has 1 aromatic carbocycles. The fourth-order valence-electron chi connectivity index (χ4n) is 2.29. The Labute approximate surface area is 94.9 Å². The van der Waals surface area contributed by atoms with Crippen LogP contribution >= 0.6 is 0 Å². The number of fused-ring (bicyclic) bond motifs is 1. The first-order valence-electron chi connectivity index (χ1n) is 5.74. The van der Waals surface area contributed by atoms with E-state index >= 15 is 0 Å². The number of imidazole rings is 1. The number of nitrogens with zero attached hydrogens (tertiary/aromatic N) is 1. The highest BCUT2D eigenvalue weighted by atomic mass is 15.0. The Bertz CT molecular complexity index is 461. The molecule has 0 aliphatic heterocycles. The van der Waals surface area contributed by atoms with Gasteiger partial charge in [0, 0.05) is 23.8 Å². The quantitative estimate of drug-likeness (QED) is 0.804. The van der Waals surface area contributed by atoms with Crippen LogP contribution in [0.15, 0.2) is 36.7 Å². The van der Waals surface area contributed by atoms with Crippen molar-refractivity contribution in [2.75, 3.05) is 5.32 Å². The minimum absolute atomic E-state index is 0.523. The molecule has 3 rings (SSSR count). The van der Waals surface area contributed by atoms with Gasteiger partial charge in [-0.25, -0.2) is 4.98 Å². The molecule has 1 atom stereocenters. The summed E-state index contributed by atoms with van der Waals surface area (Å²) >= 11 is 0. The third-order valence-electron chi connectivity index (χ3n) is 3.13. The van der Waals surface area contributed by atoms with Gasteiger partial charge in [0.15, 0.2) is 0 Å². The third kappa shape index (κ3) is 1.81. The second-order valence-electron chi connectivity index (χ2n) is 4.28. The van der Waals surface area contributed by atoms with Crippen molar-refractivity contribution in [2.45, 2.75) is 25.3 Å². The zero-order valence-corrected chi connectivity index (χ0v) is 9.11. The Balaban J connectivity index is 1.71. The van der Waals surface area contributed by atoms with Crippen molar-refractivity contribution in [1.29, 1.82) is 0 Å². The van der Waals surface area contributed by atoms with E-state index < -0.39 is 0 Å². The summed E-state index contributed by atoms with van der Waals surface area (Å²) < 4.78 is 0. The molecular weight excluding hydrogens is 198 g/mol. The van der Waals surface area contributed by atoms with E-state index in [-0.39, 0.29) is 0 Å². The number of nitrogens with one attached hydrogen (secondary N) is 2. The first kappa shape index (κ1) is 9.46. The van der Waals surface area contributed by atoms with Gasteiger partial charge in [-0.3, -0.25) is 0 Å². The van der Waals surface area contributed by atoms with Gasteiger partial charge >= 0.3 is 0 Å². The van der Waals surface area contributed by atoms with Crippen molar-refractivity contribution in [1.82, 2.24) is 9.97 Å². The van der Waals surface area contributed by atoms with Crippen LogP contribution in [0.4, 0.5) is 5.69 Å². The Hall–Kier alpha value is -1.77. The lowest BCUT2D eigenvalue weighted by Gasteiger charge is -2.23. The van der Waals surface area contributed by atoms with E-state index in [0.29, 0.717) is 6.04 Å². The zero-order valence-electron chi connectivity index (χ0n) is 9.11. The molecule has 3 nitrogen and oxygen atoms in total. The molecule has 3 heteroatoms. The maximum Gasteiger partial charge on any atom is 0.0925 e. The molecule has 1 unspecified atom stereocenters. The topological polar surface area (TPSA) is 40.7 Å². The van der Waals surface area contributed by atoms with E-state index in [4.69, 9.17) is 0 Å². The monoisotopic (exact) mass is 213 g/mol. The van der Waals surface area contributed by atoms with Gasteiger partial charge in [-0.05, 0) is 25.0 Å². The average molecular weight is 213 g/mol. The van der Waals surface area contributed by atoms with Crippen LogP contribution in [0.3, 0.4) is 0 Å². The van der Waals surface area contributed by atoms with Crippen LogP contribution in [0.5, 0.6) is 0 Å². The molecule has 1 aliphatic rings. The van der Waals surface area contributed by atoms with E-state index in [1.54, 1.807) is 6.33 Å². The number of hydrogen-bond acceptors (Lipinski definition) is 2. The molecule has 1 aliphatic carbocycles. The van der Waals surface area contributed by atoms with Crippen LogP contribution in [0.1, 0.15) is 17.8 Å². The summed E-state index contributed by atoms with van der Waals surface area (Å²) in [5.41, 5.74) is 3.74. The van der Waals surface area contributed by atoms with Crippen molar-refractivity contribution in [2.24, 2.45) is 0 Å². The summed E-state index contributed by atoms with van der Waals surface area (Å²) in [4.78, 5) is 7.54. The number of rotatable bonds is 2. The molecule has 0 amide bonds. The number of benzene rings is 1. The molecule has 1 aromatic heterocycles. The highest BCUT2D eigenvalue weighted by molar-refractivity contribution is 5.44. The van der Waals surface area contributed by atoms with Crippen molar-refractivity contribution >= 4 is 5.69 Å². The summed E-state index contributed by atoms with van der Waals surface area (Å²) in [6.45, 7) is 0. The standard InChI is InChI=1S/C13H15N3/c1-2-4-10(5-3-1)16-11-6-7-12-13(8-11)15-9-14-12/h1-5,9,11,16H,6-8H2,(H,14,15). The number of H-pyrrole nitrogens is 1. The smallest absolute Gasteiger partial charge is 0.0925 e. The minimum Gasteiger partial charge on any atom is -0.382 e. The van der Waals surface area contributed by atoms with Crippen molar-refractivity contribution in [3.05, 3.63) is 48.0 Å². The van der Waals surface area contributed by atoms with Crippen molar-refractivity contribution < 1.29 is 0 Å². The van der Waals surface area contributed by atoms with Gasteiger partial charge in [0.25, 0.3) is 0 Å². The van der Waals surface area contributed by atoms with Gasteiger partial charge in [-0.1, -0.05) is 18.2 Å². The second kappa shape index (κ2) is 4.00. The molecule has 0 fully saturated rings. The molecular formula is C13H15N3. The summed E-state index contributed by atoms with van der Waals surface area (Å²) in [7, 11) is 0. The van der Waals surface area contributed by atoms with Crippen molar-refractivity contribution in [3.8, 4) is 0 Å². The average Bonchev–Trinajstić information content (AvgIpc) is 2.77. The first-order valence-corrected chi connectivity index (χ1v) is 5.74. The summed E-state index contributed by atoms with van der Waals surface area (Å²) in [5, 5.41) is 3.56. The SMILES string of the molecule is c1ccc(NC2CCc3nc[nH]c3C2)cc1. The summed E-state index contributed by atoms with van der Waals surface area (Å²) in [6.07, 6.45) is 5.08. The molecule has 0 radical (unpaired) electrons. The summed E-state index contributed by atoms with van der Waals surface area (Å²) in [5.74, 6) is 0. The molecule has 16 heavy (non-hydrogen) atoms. The van der Waals surface area contributed by atoms with Gasteiger partial charge < -0.3 is 10.3 Å². The van der Waals surface area contributed by atoms with E-state index in [0.717, 1.165) is 19.3 Å². The highest BCUT2D eigenvalue weighted by Gasteiger charge is 2.19. The van der Waals surface area contributed by atoms with Crippen LogP contribution in [-0.2, 0) is 12.8 Å². The van der Waals surface area contributed by atoms with Gasteiger partial charge in [-0.2, -0.15) is 0 Å². The van der Waals surface area contributed by atoms with E-state index in [1.807, 2.05) is 6.07 Å². The third-order valence-corrected chi connectivity index (χ3v) is 3.13. The normalized spacial score (nSPS) is 19.1. The number of aromatic nitrogens is 2. The maximum atomic E-state index is 4.31. The Kier molecular flexibility index (Phi) is 2.37. The van der Waals surface area contributed by atoms with Gasteiger partial charge in [0.1, 0.15) is 0 Å². The van der Waals surface area contributed by atoms with Crippen LogP contribution in [0.25, 0.3) is 0 Å². The fourth-order valence-corrected chi connectivity index (χ4v) is 2.29. The highest BCUT2D eigenvalue weighted by Crippen LogP contribution is 2.20. The van der Waals surface area contributed by atoms with E-state index in [9.17, 15) is 0 Å². The lowest BCUT2D eigenvalue weighted by atomic mass is 9.96. The number of anilines is 1. The lowest BCUT2D eigenvalue weighted by Crippen LogP contribution is -2.27. The summed E-state index contributed by atoms with van der Waals surface area (Å²) in [6, 6.07) is 10.9. The van der Waals surface area contributed by atoms with E-state index in [2.05, 4.69) is 39.6 Å². The molecule has 0 bridgehead atoms. The van der Waals surface area contributed by atoms with Crippen LogP contribution in [0.2, 0.25) is 0 Å². The van der Waals surface area contributed by atoms with Gasteiger partial charge in [0.2, 0.25) is 0 Å². The molecule has 0 saturated heterocycles. The lowest BCUT2D eigenvalue weighted by molar-refractivity contribution is 0.597. The predicted octanol–water partition coefficient (Wildman–Crippen LogP) is 2.38. The van der Waals surface area contributed by atoms with Crippen molar-refractivity contribution in [3.63, 3.8) is 0 Å². The molecule has 0 spiro atoms. The number of hydrogen-bond donors (Lipinski definition) is 2. The second-order valence-corrected chi connectivity index (χ2v) is 4.28. The maximum absolute atomic E-state index is 4.31. The Morgan fingerprint density at radius 2 is 2.12 bits per heavy atom. The largest absolute Gasteiger partial charge is 0.382 e. The fraction of sp³-hybridized carbons (Fsp3) is 0.308. The number of aryl methyl sites for hydroxylation is 1. The zero-order chi connectivity index (χ0) is 10.8. The van der Waals surface area contributed by atoms with E-state index in [1.165, 1.54) is 17.1 Å². The molecule has 1 heterocycles. The molecule has 2 N–H and O–H groups in total. The van der Waals surface area contributed by atoms with Crippen LogP contribution in [0, 0.1) is 0 Å². The first-order chi connectivity index (χ1) is 7.92. The van der Waals surface area contributed by atoms with Gasteiger partial charge in [-0.15, -0.1) is 0 Å². The Morgan fingerprint density at radius 1 is 1.25 bits per heavy atom. The molecule has 2 aromatic rings. The molecule has 0 saturated carbocycles. The Morgan fingerprint density at radius 3 is 3.00 bits per heavy atom. The molecule has 82 valence electrons. The number of aromatic amines is 1. The minimum atomic E-state index is 0.523. The van der Waals surface area contributed by atoms with Gasteiger partial charge in [0.05, 0.1) is 12.0 Å². The van der Waals surface area contributed by atoms with Crippen LogP contribution in [-0.4, -0.2) is 16.0 Å².